The number of ether oxygens (including phenoxy) is 1. The number of rotatable bonds is 3. The van der Waals surface area contributed by atoms with E-state index in [0.717, 1.165) is 5.56 Å². The lowest BCUT2D eigenvalue weighted by Gasteiger charge is -2.09. The lowest BCUT2D eigenvalue weighted by Crippen LogP contribution is -2.10. The van der Waals surface area contributed by atoms with E-state index in [0.29, 0.717) is 5.69 Å². The summed E-state index contributed by atoms with van der Waals surface area (Å²) < 4.78 is 16.5. The summed E-state index contributed by atoms with van der Waals surface area (Å²) in [6, 6.07) is 6.50. The van der Waals surface area contributed by atoms with Crippen molar-refractivity contribution in [2.24, 2.45) is 0 Å². The molecule has 14 heavy (non-hydrogen) atoms. The third kappa shape index (κ3) is 2.22. The van der Waals surface area contributed by atoms with Crippen LogP contribution in [0.25, 0.3) is 0 Å². The first-order chi connectivity index (χ1) is 6.69. The van der Waals surface area contributed by atoms with E-state index in [1.807, 2.05) is 0 Å². The van der Waals surface area contributed by atoms with Crippen molar-refractivity contribution in [2.75, 3.05) is 12.6 Å². The van der Waals surface area contributed by atoms with Gasteiger partial charge in [-0.05, 0) is 24.6 Å². The lowest BCUT2D eigenvalue weighted by molar-refractivity contribution is -0.141. The van der Waals surface area contributed by atoms with Crippen LogP contribution in [-0.4, -0.2) is 13.1 Å². The number of hydrogen-bond donors (Lipinski definition) is 1. The molecule has 4 heteroatoms. The van der Waals surface area contributed by atoms with Gasteiger partial charge in [0, 0.05) is 0 Å². The number of esters is 1. The van der Waals surface area contributed by atoms with Crippen molar-refractivity contribution >= 4 is 11.7 Å². The quantitative estimate of drug-likeness (QED) is 0.596. The van der Waals surface area contributed by atoms with Crippen LogP contribution in [0.1, 0.15) is 18.4 Å². The van der Waals surface area contributed by atoms with Gasteiger partial charge in [-0.3, -0.25) is 4.79 Å². The highest BCUT2D eigenvalue weighted by molar-refractivity contribution is 5.77. The van der Waals surface area contributed by atoms with Gasteiger partial charge in [-0.25, -0.2) is 5.54 Å². The number of anilines is 1. The van der Waals surface area contributed by atoms with Crippen molar-refractivity contribution in [3.05, 3.63) is 29.8 Å². The van der Waals surface area contributed by atoms with E-state index in [1.54, 1.807) is 31.2 Å². The van der Waals surface area contributed by atoms with Gasteiger partial charge in [-0.15, -0.1) is 4.48 Å². The van der Waals surface area contributed by atoms with Crippen molar-refractivity contribution in [1.29, 1.82) is 0 Å². The van der Waals surface area contributed by atoms with E-state index in [1.165, 1.54) is 12.6 Å². The molecule has 76 valence electrons. The second kappa shape index (κ2) is 4.60. The molecule has 0 aromatic heterocycles. The summed E-state index contributed by atoms with van der Waals surface area (Å²) in [7, 11) is 1.34. The normalized spacial score (nSPS) is 11.9. The monoisotopic (exact) mass is 197 g/mol. The zero-order valence-corrected chi connectivity index (χ0v) is 8.08. The highest BCUT2D eigenvalue weighted by Gasteiger charge is 2.14. The standard InChI is InChI=1S/C10H12FNO2/c1-7(10(13)14-2)8-3-5-9(12-11)6-4-8/h3-7,12H,1-2H3. The fraction of sp³-hybridized carbons (Fsp3) is 0.300. The zero-order valence-electron chi connectivity index (χ0n) is 8.08. The summed E-state index contributed by atoms with van der Waals surface area (Å²) >= 11 is 0. The van der Waals surface area contributed by atoms with Crippen LogP contribution in [-0.2, 0) is 9.53 Å². The molecule has 0 saturated carbocycles. The smallest absolute Gasteiger partial charge is 0.312 e. The first-order valence-corrected chi connectivity index (χ1v) is 4.23. The predicted molar refractivity (Wildman–Crippen MR) is 51.6 cm³/mol. The summed E-state index contributed by atoms with van der Waals surface area (Å²) in [6.45, 7) is 1.74. The molecule has 1 aromatic rings. The minimum Gasteiger partial charge on any atom is -0.469 e. The van der Waals surface area contributed by atoms with Gasteiger partial charge >= 0.3 is 5.97 Å². The van der Waals surface area contributed by atoms with Crippen LogP contribution in [0.2, 0.25) is 0 Å². The number of halogens is 1. The van der Waals surface area contributed by atoms with Crippen molar-refractivity contribution in [1.82, 2.24) is 0 Å². The van der Waals surface area contributed by atoms with E-state index in [2.05, 4.69) is 4.74 Å². The van der Waals surface area contributed by atoms with Crippen LogP contribution in [0.4, 0.5) is 10.2 Å². The van der Waals surface area contributed by atoms with Gasteiger partial charge in [0.05, 0.1) is 18.7 Å². The summed E-state index contributed by atoms with van der Waals surface area (Å²) in [5.41, 5.74) is 2.69. The number of carbonyl (C=O) groups excluding carboxylic acids is 1. The minimum atomic E-state index is -0.325. The first-order valence-electron chi connectivity index (χ1n) is 4.23. The van der Waals surface area contributed by atoms with E-state index in [-0.39, 0.29) is 11.9 Å². The predicted octanol–water partition coefficient (Wildman–Crippen LogP) is 2.26. The van der Waals surface area contributed by atoms with Gasteiger partial charge in [-0.1, -0.05) is 12.1 Å². The van der Waals surface area contributed by atoms with E-state index >= 15 is 0 Å². The van der Waals surface area contributed by atoms with E-state index in [9.17, 15) is 9.28 Å². The Kier molecular flexibility index (Phi) is 3.45. The van der Waals surface area contributed by atoms with E-state index in [4.69, 9.17) is 0 Å². The molecule has 0 saturated heterocycles. The highest BCUT2D eigenvalue weighted by atomic mass is 19.2. The number of hydrogen-bond acceptors (Lipinski definition) is 3. The largest absolute Gasteiger partial charge is 0.469 e. The molecule has 0 aliphatic carbocycles. The minimum absolute atomic E-state index is 0.300. The Morgan fingerprint density at radius 3 is 2.43 bits per heavy atom. The summed E-state index contributed by atoms with van der Waals surface area (Å²) in [5, 5.41) is 0. The lowest BCUT2D eigenvalue weighted by atomic mass is 10.0. The van der Waals surface area contributed by atoms with Crippen LogP contribution in [0.5, 0.6) is 0 Å². The number of nitrogens with one attached hydrogen (secondary N) is 1. The van der Waals surface area contributed by atoms with Crippen LogP contribution in [0.3, 0.4) is 0 Å². The summed E-state index contributed by atoms with van der Waals surface area (Å²) in [6.07, 6.45) is 0. The fourth-order valence-corrected chi connectivity index (χ4v) is 1.15. The maximum absolute atomic E-state index is 11.9. The summed E-state index contributed by atoms with van der Waals surface area (Å²) in [4.78, 5) is 11.2. The first kappa shape index (κ1) is 10.5. The van der Waals surface area contributed by atoms with Gasteiger partial charge < -0.3 is 4.74 Å². The molecular weight excluding hydrogens is 185 g/mol. The maximum atomic E-state index is 11.9. The van der Waals surface area contributed by atoms with Crippen LogP contribution in [0.15, 0.2) is 24.3 Å². The molecule has 0 heterocycles. The molecule has 0 aliphatic rings. The maximum Gasteiger partial charge on any atom is 0.312 e. The molecule has 3 nitrogen and oxygen atoms in total. The molecule has 1 rings (SSSR count). The van der Waals surface area contributed by atoms with Crippen LogP contribution < -0.4 is 5.54 Å². The Hall–Kier alpha value is -1.58. The molecule has 0 radical (unpaired) electrons. The van der Waals surface area contributed by atoms with Crippen molar-refractivity contribution < 1.29 is 14.0 Å². The third-order valence-corrected chi connectivity index (χ3v) is 2.07. The van der Waals surface area contributed by atoms with Crippen molar-refractivity contribution in [2.45, 2.75) is 12.8 Å². The molecule has 1 aromatic carbocycles. The van der Waals surface area contributed by atoms with Crippen LogP contribution >= 0.6 is 0 Å². The number of methoxy groups -OCH3 is 1. The SMILES string of the molecule is COC(=O)C(C)c1ccc(NF)cc1. The Bertz CT molecular complexity index is 310. The molecular formula is C10H12FNO2. The molecule has 0 fully saturated rings. The molecule has 0 bridgehead atoms. The van der Waals surface area contributed by atoms with Gasteiger partial charge in [-0.2, -0.15) is 0 Å². The molecule has 1 unspecified atom stereocenters. The Morgan fingerprint density at radius 2 is 2.00 bits per heavy atom. The Balaban J connectivity index is 2.81. The molecule has 1 N–H and O–H groups in total. The topological polar surface area (TPSA) is 38.3 Å². The number of benzene rings is 1. The Morgan fingerprint density at radius 1 is 1.43 bits per heavy atom. The third-order valence-electron chi connectivity index (χ3n) is 2.07. The Labute approximate surface area is 81.8 Å². The van der Waals surface area contributed by atoms with Gasteiger partial charge in [0.15, 0.2) is 0 Å². The molecule has 0 spiro atoms. The van der Waals surface area contributed by atoms with E-state index < -0.39 is 0 Å². The van der Waals surface area contributed by atoms with Crippen LogP contribution in [0, 0.1) is 0 Å². The molecule has 1 atom stereocenters. The average Bonchev–Trinajstić information content (AvgIpc) is 2.27. The second-order valence-corrected chi connectivity index (χ2v) is 2.96. The molecule has 0 aliphatic heterocycles. The zero-order chi connectivity index (χ0) is 10.6. The van der Waals surface area contributed by atoms with Gasteiger partial charge in [0.2, 0.25) is 0 Å². The highest BCUT2D eigenvalue weighted by Crippen LogP contribution is 2.18. The second-order valence-electron chi connectivity index (χ2n) is 2.96. The van der Waals surface area contributed by atoms with Crippen molar-refractivity contribution in [3.63, 3.8) is 0 Å². The van der Waals surface area contributed by atoms with Crippen molar-refractivity contribution in [3.8, 4) is 0 Å². The summed E-state index contributed by atoms with van der Waals surface area (Å²) in [5.74, 6) is -0.625. The van der Waals surface area contributed by atoms with Gasteiger partial charge in [0.1, 0.15) is 0 Å². The number of carbonyl (C=O) groups is 1. The average molecular weight is 197 g/mol. The van der Waals surface area contributed by atoms with Gasteiger partial charge in [0.25, 0.3) is 0 Å². The molecule has 0 amide bonds. The fourth-order valence-electron chi connectivity index (χ4n) is 1.15.